The molecule has 1 N–H and O–H groups in total. The molecule has 112 valence electrons. The lowest BCUT2D eigenvalue weighted by atomic mass is 10.1. The van der Waals surface area contributed by atoms with E-state index in [9.17, 15) is 0 Å². The van der Waals surface area contributed by atoms with Crippen molar-refractivity contribution in [1.29, 1.82) is 0 Å². The van der Waals surface area contributed by atoms with Crippen molar-refractivity contribution in [2.75, 3.05) is 6.61 Å². The Bertz CT molecular complexity index is 634. The van der Waals surface area contributed by atoms with Crippen molar-refractivity contribution < 1.29 is 4.74 Å². The third-order valence-electron chi connectivity index (χ3n) is 3.78. The third-order valence-corrected chi connectivity index (χ3v) is 4.24. The summed E-state index contributed by atoms with van der Waals surface area (Å²) in [6.07, 6.45) is 3.15. The zero-order valence-corrected chi connectivity index (χ0v) is 14.1. The quantitative estimate of drug-likeness (QED) is 0.890. The Morgan fingerprint density at radius 1 is 1.38 bits per heavy atom. The molecule has 3 nitrogen and oxygen atoms in total. The van der Waals surface area contributed by atoms with Crippen LogP contribution in [0.15, 0.2) is 34.9 Å². The summed E-state index contributed by atoms with van der Waals surface area (Å²) in [5.41, 5.74) is 3.86. The minimum atomic E-state index is 0.492. The summed E-state index contributed by atoms with van der Waals surface area (Å²) in [5.74, 6) is 1.08. The van der Waals surface area contributed by atoms with Crippen molar-refractivity contribution in [2.24, 2.45) is 0 Å². The first-order valence-corrected chi connectivity index (χ1v) is 8.24. The third kappa shape index (κ3) is 3.33. The highest BCUT2D eigenvalue weighted by atomic mass is 79.9. The number of benzene rings is 1. The van der Waals surface area contributed by atoms with Crippen LogP contribution in [0.3, 0.4) is 0 Å². The maximum atomic E-state index is 5.82. The summed E-state index contributed by atoms with van der Waals surface area (Å²) in [4.78, 5) is 0. The Balaban J connectivity index is 1.83. The molecule has 0 spiro atoms. The van der Waals surface area contributed by atoms with Crippen LogP contribution in [0, 0.1) is 0 Å². The molecule has 0 atom stereocenters. The minimum absolute atomic E-state index is 0.492. The second-order valence-corrected chi connectivity index (χ2v) is 6.73. The van der Waals surface area contributed by atoms with Crippen molar-refractivity contribution in [2.45, 2.75) is 39.4 Å². The Hall–Kier alpha value is -1.26. The monoisotopic (exact) mass is 348 g/mol. The van der Waals surface area contributed by atoms with Gasteiger partial charge in [0.1, 0.15) is 5.75 Å². The van der Waals surface area contributed by atoms with E-state index in [1.165, 1.54) is 16.8 Å². The molecule has 1 aliphatic heterocycles. The Morgan fingerprint density at radius 3 is 3.05 bits per heavy atom. The molecule has 0 aliphatic carbocycles. The molecule has 0 bridgehead atoms. The maximum absolute atomic E-state index is 5.82. The molecule has 4 heteroatoms. The highest BCUT2D eigenvalue weighted by Gasteiger charge is 2.18. The molecule has 0 saturated carbocycles. The van der Waals surface area contributed by atoms with Crippen LogP contribution in [0.4, 0.5) is 0 Å². The molecular formula is C17H21BrN2O. The van der Waals surface area contributed by atoms with Gasteiger partial charge in [-0.3, -0.25) is 0 Å². The second kappa shape index (κ2) is 6.24. The first-order chi connectivity index (χ1) is 10.1. The maximum Gasteiger partial charge on any atom is 0.127 e. The van der Waals surface area contributed by atoms with E-state index in [1.54, 1.807) is 0 Å². The van der Waals surface area contributed by atoms with Gasteiger partial charge in [0.2, 0.25) is 0 Å². The number of rotatable bonds is 5. The van der Waals surface area contributed by atoms with E-state index in [2.05, 4.69) is 70.1 Å². The number of nitrogens with one attached hydrogen (secondary N) is 1. The lowest BCUT2D eigenvalue weighted by molar-refractivity contribution is 0.352. The number of ether oxygens (including phenoxy) is 1. The summed E-state index contributed by atoms with van der Waals surface area (Å²) >= 11 is 3.61. The molecule has 3 rings (SSSR count). The summed E-state index contributed by atoms with van der Waals surface area (Å²) in [6, 6.07) is 9.11. The van der Waals surface area contributed by atoms with Crippen LogP contribution < -0.4 is 10.1 Å². The van der Waals surface area contributed by atoms with Crippen LogP contribution in [0.1, 0.15) is 30.7 Å². The highest BCUT2D eigenvalue weighted by Crippen LogP contribution is 2.33. The largest absolute Gasteiger partial charge is 0.493 e. The topological polar surface area (TPSA) is 26.2 Å². The molecule has 0 radical (unpaired) electrons. The zero-order chi connectivity index (χ0) is 14.8. The number of hydrogen-bond donors (Lipinski definition) is 1. The second-order valence-electron chi connectivity index (χ2n) is 5.81. The zero-order valence-electron chi connectivity index (χ0n) is 12.5. The summed E-state index contributed by atoms with van der Waals surface area (Å²) in [5, 5.41) is 3.48. The Labute approximate surface area is 134 Å². The fourth-order valence-corrected chi connectivity index (χ4v) is 3.27. The Kier molecular flexibility index (Phi) is 4.36. The average Bonchev–Trinajstić information content (AvgIpc) is 3.05. The van der Waals surface area contributed by atoms with Crippen molar-refractivity contribution in [3.05, 3.63) is 51.8 Å². The first kappa shape index (κ1) is 14.7. The molecular weight excluding hydrogens is 328 g/mol. The van der Waals surface area contributed by atoms with Crippen LogP contribution in [0.2, 0.25) is 0 Å². The van der Waals surface area contributed by atoms with Gasteiger partial charge in [0.15, 0.2) is 0 Å². The van der Waals surface area contributed by atoms with E-state index in [1.807, 2.05) is 0 Å². The van der Waals surface area contributed by atoms with Crippen LogP contribution in [0.5, 0.6) is 5.75 Å². The van der Waals surface area contributed by atoms with E-state index in [0.717, 1.165) is 36.3 Å². The van der Waals surface area contributed by atoms with Gasteiger partial charge >= 0.3 is 0 Å². The fourth-order valence-electron chi connectivity index (χ4n) is 2.72. The van der Waals surface area contributed by atoms with Gasteiger partial charge in [-0.1, -0.05) is 29.8 Å². The molecule has 0 amide bonds. The lowest BCUT2D eigenvalue weighted by Gasteiger charge is -2.14. The van der Waals surface area contributed by atoms with Gasteiger partial charge in [-0.05, 0) is 29.8 Å². The number of nitrogens with zero attached hydrogens (tertiary/aromatic N) is 1. The SMILES string of the molecule is CC(C)NCc1cccn1Cc1cc(Br)cc2c1OCC2. The Morgan fingerprint density at radius 2 is 2.24 bits per heavy atom. The van der Waals surface area contributed by atoms with Crippen LogP contribution in [-0.2, 0) is 19.5 Å². The van der Waals surface area contributed by atoms with Crippen LogP contribution in [-0.4, -0.2) is 17.2 Å². The van der Waals surface area contributed by atoms with E-state index in [4.69, 9.17) is 4.74 Å². The standard InChI is InChI=1S/C17H21BrN2O/c1-12(2)19-10-16-4-3-6-20(16)11-14-9-15(18)8-13-5-7-21-17(13)14/h3-4,6,8-9,12,19H,5,7,10-11H2,1-2H3. The molecule has 21 heavy (non-hydrogen) atoms. The summed E-state index contributed by atoms with van der Waals surface area (Å²) in [7, 11) is 0. The molecule has 0 fully saturated rings. The number of hydrogen-bond acceptors (Lipinski definition) is 2. The van der Waals surface area contributed by atoms with E-state index in [0.29, 0.717) is 6.04 Å². The van der Waals surface area contributed by atoms with Gasteiger partial charge in [-0.15, -0.1) is 0 Å². The molecule has 0 saturated heterocycles. The van der Waals surface area contributed by atoms with E-state index >= 15 is 0 Å². The van der Waals surface area contributed by atoms with Crippen molar-refractivity contribution in [3.63, 3.8) is 0 Å². The van der Waals surface area contributed by atoms with E-state index < -0.39 is 0 Å². The fraction of sp³-hybridized carbons (Fsp3) is 0.412. The molecule has 2 aromatic rings. The smallest absolute Gasteiger partial charge is 0.127 e. The predicted octanol–water partition coefficient (Wildman–Crippen LogP) is 3.73. The molecule has 1 aromatic heterocycles. The van der Waals surface area contributed by atoms with Gasteiger partial charge in [-0.25, -0.2) is 0 Å². The van der Waals surface area contributed by atoms with E-state index in [-0.39, 0.29) is 0 Å². The predicted molar refractivity (Wildman–Crippen MR) is 88.9 cm³/mol. The highest BCUT2D eigenvalue weighted by molar-refractivity contribution is 9.10. The lowest BCUT2D eigenvalue weighted by Crippen LogP contribution is -2.23. The van der Waals surface area contributed by atoms with Crippen molar-refractivity contribution >= 4 is 15.9 Å². The molecule has 0 unspecified atom stereocenters. The van der Waals surface area contributed by atoms with Crippen LogP contribution in [0.25, 0.3) is 0 Å². The van der Waals surface area contributed by atoms with Gasteiger partial charge in [0, 0.05) is 40.9 Å². The summed E-state index contributed by atoms with van der Waals surface area (Å²) in [6.45, 7) is 6.88. The molecule has 1 aromatic carbocycles. The summed E-state index contributed by atoms with van der Waals surface area (Å²) < 4.78 is 9.25. The van der Waals surface area contributed by atoms with Gasteiger partial charge in [0.05, 0.1) is 13.2 Å². The van der Waals surface area contributed by atoms with Crippen molar-refractivity contribution in [3.8, 4) is 5.75 Å². The van der Waals surface area contributed by atoms with Gasteiger partial charge in [-0.2, -0.15) is 0 Å². The van der Waals surface area contributed by atoms with Crippen molar-refractivity contribution in [1.82, 2.24) is 9.88 Å². The molecule has 1 aliphatic rings. The van der Waals surface area contributed by atoms with Crippen LogP contribution >= 0.6 is 15.9 Å². The number of fused-ring (bicyclic) bond motifs is 1. The first-order valence-electron chi connectivity index (χ1n) is 7.45. The average molecular weight is 349 g/mol. The normalized spacial score (nSPS) is 13.5. The van der Waals surface area contributed by atoms with Gasteiger partial charge < -0.3 is 14.6 Å². The number of halogens is 1. The molecule has 2 heterocycles. The van der Waals surface area contributed by atoms with Gasteiger partial charge in [0.25, 0.3) is 0 Å². The minimum Gasteiger partial charge on any atom is -0.493 e. The number of aromatic nitrogens is 1.